The Labute approximate surface area is 262 Å². The fraction of sp³-hybridized carbons (Fsp3) is 0.270. The molecule has 1 atom stereocenters. The van der Waals surface area contributed by atoms with Crippen LogP contribution in [0.15, 0.2) is 129 Å². The summed E-state index contributed by atoms with van der Waals surface area (Å²) in [5, 5.41) is 3.60. The van der Waals surface area contributed by atoms with Crippen molar-refractivity contribution in [2.75, 3.05) is 0 Å². The lowest BCUT2D eigenvalue weighted by Gasteiger charge is -2.28. The molecule has 1 aliphatic heterocycles. The van der Waals surface area contributed by atoms with Crippen molar-refractivity contribution in [3.05, 3.63) is 136 Å². The van der Waals surface area contributed by atoms with Crippen LogP contribution in [0.4, 0.5) is 5.69 Å². The molecule has 0 radical (unpaired) electrons. The Bertz CT molecular complexity index is 1750. The molecule has 0 saturated heterocycles. The van der Waals surface area contributed by atoms with Crippen LogP contribution in [0.25, 0.3) is 5.57 Å². The van der Waals surface area contributed by atoms with E-state index < -0.39 is 10.1 Å². The predicted octanol–water partition coefficient (Wildman–Crippen LogP) is 9.02. The number of rotatable bonds is 10. The Morgan fingerprint density at radius 1 is 1.07 bits per heavy atom. The second-order valence-corrected chi connectivity index (χ2v) is 12.4. The van der Waals surface area contributed by atoms with E-state index in [1.165, 1.54) is 11.6 Å². The lowest BCUT2D eigenvalue weighted by atomic mass is 9.90. The maximum atomic E-state index is 12.4. The van der Waals surface area contributed by atoms with Crippen molar-refractivity contribution in [1.29, 1.82) is 0 Å². The molecule has 1 heterocycles. The maximum absolute atomic E-state index is 12.4. The first kappa shape index (κ1) is 32.7. The van der Waals surface area contributed by atoms with E-state index in [1.807, 2.05) is 56.4 Å². The van der Waals surface area contributed by atoms with Crippen molar-refractivity contribution in [2.24, 2.45) is 4.99 Å². The molecule has 0 aromatic heterocycles. The van der Waals surface area contributed by atoms with E-state index >= 15 is 0 Å². The maximum Gasteiger partial charge on any atom is 0.295 e. The van der Waals surface area contributed by atoms with Crippen LogP contribution < -0.4 is 5.32 Å². The van der Waals surface area contributed by atoms with Crippen LogP contribution >= 0.6 is 0 Å². The van der Waals surface area contributed by atoms with Crippen LogP contribution in [-0.2, 0) is 14.9 Å². The van der Waals surface area contributed by atoms with E-state index in [-0.39, 0.29) is 10.9 Å². The molecular weight excluding hydrogens is 568 g/mol. The smallest absolute Gasteiger partial charge is 0.295 e. The number of aryl methyl sites for hydroxylation is 2. The molecule has 2 aromatic carbocycles. The highest BCUT2D eigenvalue weighted by Crippen LogP contribution is 2.41. The second-order valence-electron chi connectivity index (χ2n) is 11.1. The molecule has 0 fully saturated rings. The van der Waals surface area contributed by atoms with Gasteiger partial charge in [0.25, 0.3) is 10.1 Å². The summed E-state index contributed by atoms with van der Waals surface area (Å²) >= 11 is 0. The Morgan fingerprint density at radius 3 is 2.48 bits per heavy atom. The Morgan fingerprint density at radius 2 is 1.80 bits per heavy atom. The van der Waals surface area contributed by atoms with Gasteiger partial charge in [0.15, 0.2) is 0 Å². The van der Waals surface area contributed by atoms with Gasteiger partial charge in [0.05, 0.1) is 11.4 Å². The summed E-state index contributed by atoms with van der Waals surface area (Å²) in [6.07, 6.45) is 18.2. The largest absolute Gasteiger partial charge is 0.461 e. The van der Waals surface area contributed by atoms with Crippen LogP contribution in [0.3, 0.4) is 0 Å². The van der Waals surface area contributed by atoms with Gasteiger partial charge in [-0.1, -0.05) is 80.1 Å². The van der Waals surface area contributed by atoms with Gasteiger partial charge in [-0.2, -0.15) is 8.42 Å². The molecule has 2 aromatic rings. The third-order valence-electron chi connectivity index (χ3n) is 7.59. The third-order valence-corrected chi connectivity index (χ3v) is 8.50. The first-order valence-corrected chi connectivity index (χ1v) is 16.5. The molecule has 0 bridgehead atoms. The number of nitrogens with one attached hydrogen (secondary N) is 1. The number of ether oxygens (including phenoxy) is 1. The number of para-hydroxylation sites is 1. The van der Waals surface area contributed by atoms with Gasteiger partial charge in [-0.3, -0.25) is 4.55 Å². The van der Waals surface area contributed by atoms with E-state index in [1.54, 1.807) is 18.2 Å². The molecule has 7 heteroatoms. The molecular formula is C37H42N2O4S. The Balaban J connectivity index is 1.81. The molecule has 2 N–H and O–H groups in total. The van der Waals surface area contributed by atoms with Gasteiger partial charge in [0.2, 0.25) is 0 Å². The molecule has 4 rings (SSSR count). The van der Waals surface area contributed by atoms with Crippen molar-refractivity contribution in [3.8, 4) is 0 Å². The van der Waals surface area contributed by atoms with E-state index in [0.29, 0.717) is 23.5 Å². The summed E-state index contributed by atoms with van der Waals surface area (Å²) < 4.78 is 41.4. The van der Waals surface area contributed by atoms with Crippen molar-refractivity contribution >= 4 is 27.1 Å². The summed E-state index contributed by atoms with van der Waals surface area (Å²) in [6, 6.07) is 12.7. The molecule has 230 valence electrons. The first-order valence-electron chi connectivity index (χ1n) is 15.0. The lowest BCUT2D eigenvalue weighted by molar-refractivity contribution is 0.302. The molecule has 1 unspecified atom stereocenters. The number of hydrogen-bond acceptors (Lipinski definition) is 5. The van der Waals surface area contributed by atoms with Crippen LogP contribution in [0.2, 0.25) is 0 Å². The summed E-state index contributed by atoms with van der Waals surface area (Å²) in [6.45, 7) is 12.5. The monoisotopic (exact) mass is 610 g/mol. The SMILES string of the molecule is CC/C=C\C=C(\C)C(C)NC(=C/CC)/C=C1\CC(c2ccccc2S(=O)(=O)O)=C2C=C/C(=N/c3c(C)cccc3C)C=C2O1. The van der Waals surface area contributed by atoms with Gasteiger partial charge >= 0.3 is 0 Å². The minimum absolute atomic E-state index is 0.0773. The van der Waals surface area contributed by atoms with Crippen molar-refractivity contribution in [1.82, 2.24) is 5.32 Å². The predicted molar refractivity (Wildman–Crippen MR) is 181 cm³/mol. The number of hydrogen-bond donors (Lipinski definition) is 2. The molecule has 1 aliphatic carbocycles. The van der Waals surface area contributed by atoms with Crippen molar-refractivity contribution < 1.29 is 17.7 Å². The van der Waals surface area contributed by atoms with Gasteiger partial charge in [-0.05, 0) is 87.1 Å². The van der Waals surface area contributed by atoms with Gasteiger partial charge in [0, 0.05) is 29.8 Å². The van der Waals surface area contributed by atoms with E-state index in [2.05, 4.69) is 57.3 Å². The molecule has 44 heavy (non-hydrogen) atoms. The highest BCUT2D eigenvalue weighted by atomic mass is 32.2. The zero-order chi connectivity index (χ0) is 31.9. The zero-order valence-corrected chi connectivity index (χ0v) is 27.2. The minimum atomic E-state index is -4.46. The number of benzene rings is 2. The summed E-state index contributed by atoms with van der Waals surface area (Å²) in [4.78, 5) is 4.79. The Hall–Kier alpha value is -4.20. The van der Waals surface area contributed by atoms with E-state index in [9.17, 15) is 13.0 Å². The summed E-state index contributed by atoms with van der Waals surface area (Å²) in [5.41, 5.74) is 7.81. The fourth-order valence-electron chi connectivity index (χ4n) is 5.15. The highest BCUT2D eigenvalue weighted by molar-refractivity contribution is 7.86. The molecule has 0 spiro atoms. The number of fused-ring (bicyclic) bond motifs is 1. The van der Waals surface area contributed by atoms with Gasteiger partial charge in [-0.15, -0.1) is 0 Å². The quantitative estimate of drug-likeness (QED) is 0.207. The van der Waals surface area contributed by atoms with Gasteiger partial charge in [-0.25, -0.2) is 4.99 Å². The highest BCUT2D eigenvalue weighted by Gasteiger charge is 2.28. The van der Waals surface area contributed by atoms with Gasteiger partial charge in [0.1, 0.15) is 16.4 Å². The molecule has 6 nitrogen and oxygen atoms in total. The zero-order valence-electron chi connectivity index (χ0n) is 26.4. The number of aliphatic imine (C=N–C) groups is 1. The number of nitrogens with zero attached hydrogens (tertiary/aromatic N) is 1. The van der Waals surface area contributed by atoms with E-state index in [4.69, 9.17) is 9.73 Å². The van der Waals surface area contributed by atoms with Crippen LogP contribution in [0, 0.1) is 13.8 Å². The Kier molecular flexibility index (Phi) is 10.8. The third kappa shape index (κ3) is 8.04. The summed E-state index contributed by atoms with van der Waals surface area (Å²) in [7, 11) is -4.46. The minimum Gasteiger partial charge on any atom is -0.461 e. The molecule has 0 amide bonds. The molecule has 0 saturated carbocycles. The van der Waals surface area contributed by atoms with Crippen LogP contribution in [0.1, 0.15) is 63.6 Å². The molecule has 2 aliphatic rings. The fourth-order valence-corrected chi connectivity index (χ4v) is 5.87. The first-order chi connectivity index (χ1) is 21.0. The van der Waals surface area contributed by atoms with Crippen LogP contribution in [-0.4, -0.2) is 24.7 Å². The second kappa shape index (κ2) is 14.5. The standard InChI is InChI=1S/C37H42N2O4S/c1-7-9-10-15-25(3)28(6)38-29(14-8-2)22-31-24-34(33-18-11-12-19-36(33)44(40,41)42)32-21-20-30(23-35(32)43-31)39-37-26(4)16-13-17-27(37)5/h9-23,28,38H,7-8,24H2,1-6H3,(H,40,41,42)/b10-9-,25-15-,29-14+,31-22+,39-30-. The number of allylic oxidation sites excluding steroid dienone is 9. The summed E-state index contributed by atoms with van der Waals surface area (Å²) in [5.74, 6) is 1.22. The topological polar surface area (TPSA) is 88.0 Å². The average Bonchev–Trinajstić information content (AvgIpc) is 2.98. The van der Waals surface area contributed by atoms with Crippen LogP contribution in [0.5, 0.6) is 0 Å². The van der Waals surface area contributed by atoms with E-state index in [0.717, 1.165) is 52.2 Å². The average molecular weight is 611 g/mol. The normalized spacial score (nSPS) is 18.5. The van der Waals surface area contributed by atoms with Crippen molar-refractivity contribution in [3.63, 3.8) is 0 Å². The van der Waals surface area contributed by atoms with Crippen molar-refractivity contribution in [2.45, 2.75) is 71.7 Å². The van der Waals surface area contributed by atoms with Gasteiger partial charge < -0.3 is 10.1 Å². The lowest BCUT2D eigenvalue weighted by Crippen LogP contribution is -2.26.